The molecular formula is C12H15ClO3S. The molecule has 3 nitrogen and oxygen atoms in total. The first-order valence-electron chi connectivity index (χ1n) is 5.14. The summed E-state index contributed by atoms with van der Waals surface area (Å²) in [6.07, 6.45) is 0. The van der Waals surface area contributed by atoms with Crippen molar-refractivity contribution < 1.29 is 14.1 Å². The molecule has 0 aliphatic rings. The Bertz CT molecular complexity index is 401. The number of halogens is 1. The molecule has 1 aromatic rings. The number of esters is 1. The number of carbonyl (C=O) groups excluding carboxylic acids is 1. The molecule has 0 saturated carbocycles. The van der Waals surface area contributed by atoms with E-state index in [4.69, 9.17) is 16.3 Å². The zero-order chi connectivity index (χ0) is 13.1. The Kier molecular flexibility index (Phi) is 4.86. The Morgan fingerprint density at radius 2 is 2.00 bits per heavy atom. The van der Waals surface area contributed by atoms with E-state index in [0.29, 0.717) is 9.92 Å². The van der Waals surface area contributed by atoms with Crippen LogP contribution in [0.25, 0.3) is 0 Å². The van der Waals surface area contributed by atoms with Crippen LogP contribution >= 0.6 is 11.6 Å². The molecule has 1 atom stereocenters. The summed E-state index contributed by atoms with van der Waals surface area (Å²) in [6.45, 7) is 5.30. The highest BCUT2D eigenvalue weighted by Crippen LogP contribution is 2.22. The molecule has 0 spiro atoms. The third-order valence-corrected chi connectivity index (χ3v) is 3.54. The normalized spacial score (nSPS) is 13.2. The van der Waals surface area contributed by atoms with Gasteiger partial charge in [-0.1, -0.05) is 23.7 Å². The second-order valence-electron chi connectivity index (χ2n) is 4.51. The van der Waals surface area contributed by atoms with Crippen LogP contribution < -0.4 is 0 Å². The molecule has 0 unspecified atom stereocenters. The Morgan fingerprint density at radius 1 is 1.41 bits per heavy atom. The summed E-state index contributed by atoms with van der Waals surface area (Å²) in [6, 6.07) is 6.76. The molecule has 0 fully saturated rings. The quantitative estimate of drug-likeness (QED) is 0.629. The highest BCUT2D eigenvalue weighted by atomic mass is 35.5. The first-order valence-corrected chi connectivity index (χ1v) is 6.84. The minimum Gasteiger partial charge on any atom is -0.611 e. The third kappa shape index (κ3) is 4.98. The number of benzene rings is 1. The lowest BCUT2D eigenvalue weighted by molar-refractivity contribution is -0.151. The first kappa shape index (κ1) is 14.4. The Labute approximate surface area is 109 Å². The van der Waals surface area contributed by atoms with E-state index in [9.17, 15) is 9.35 Å². The summed E-state index contributed by atoms with van der Waals surface area (Å²) in [7, 11) is 0. The fourth-order valence-corrected chi connectivity index (χ4v) is 2.52. The monoisotopic (exact) mass is 274 g/mol. The second kappa shape index (κ2) is 5.76. The van der Waals surface area contributed by atoms with Crippen molar-refractivity contribution >= 4 is 28.7 Å². The van der Waals surface area contributed by atoms with Gasteiger partial charge in [-0.2, -0.15) is 0 Å². The largest absolute Gasteiger partial charge is 0.611 e. The van der Waals surface area contributed by atoms with E-state index in [-0.39, 0.29) is 5.75 Å². The van der Waals surface area contributed by atoms with Gasteiger partial charge in [-0.05, 0) is 44.1 Å². The van der Waals surface area contributed by atoms with Gasteiger partial charge in [0.25, 0.3) is 0 Å². The van der Waals surface area contributed by atoms with E-state index >= 15 is 0 Å². The van der Waals surface area contributed by atoms with Crippen molar-refractivity contribution in [1.29, 1.82) is 0 Å². The molecule has 0 aliphatic carbocycles. The highest BCUT2D eigenvalue weighted by Gasteiger charge is 2.23. The predicted molar refractivity (Wildman–Crippen MR) is 68.6 cm³/mol. The van der Waals surface area contributed by atoms with Crippen LogP contribution in [0.15, 0.2) is 29.2 Å². The summed E-state index contributed by atoms with van der Waals surface area (Å²) in [5.74, 6) is -0.670. The van der Waals surface area contributed by atoms with Gasteiger partial charge in [-0.15, -0.1) is 0 Å². The molecule has 1 rings (SSSR count). The fraction of sp³-hybridized carbons (Fsp3) is 0.417. The van der Waals surface area contributed by atoms with Gasteiger partial charge in [-0.25, -0.2) is 4.79 Å². The van der Waals surface area contributed by atoms with Gasteiger partial charge in [0, 0.05) is 0 Å². The SMILES string of the molecule is CC(C)(C)OC(=O)C[S@+]([O-])c1ccccc1Cl. The summed E-state index contributed by atoms with van der Waals surface area (Å²) >= 11 is 4.42. The van der Waals surface area contributed by atoms with Crippen molar-refractivity contribution in [3.63, 3.8) is 0 Å². The van der Waals surface area contributed by atoms with Gasteiger partial charge >= 0.3 is 5.97 Å². The number of hydrogen-bond acceptors (Lipinski definition) is 3. The van der Waals surface area contributed by atoms with E-state index in [2.05, 4.69) is 0 Å². The average molecular weight is 275 g/mol. The minimum atomic E-state index is -1.47. The van der Waals surface area contributed by atoms with E-state index in [1.807, 2.05) is 0 Å². The Hall–Kier alpha value is -0.710. The molecule has 0 saturated heterocycles. The molecule has 0 aliphatic heterocycles. The van der Waals surface area contributed by atoms with Gasteiger partial charge in [0.05, 0.1) is 5.02 Å². The molecule has 17 heavy (non-hydrogen) atoms. The lowest BCUT2D eigenvalue weighted by Crippen LogP contribution is -2.28. The van der Waals surface area contributed by atoms with E-state index in [1.165, 1.54) is 0 Å². The maximum Gasteiger partial charge on any atom is 0.357 e. The molecule has 0 aromatic heterocycles. The third-order valence-electron chi connectivity index (χ3n) is 1.75. The van der Waals surface area contributed by atoms with E-state index < -0.39 is 22.7 Å². The van der Waals surface area contributed by atoms with Crippen molar-refractivity contribution in [2.24, 2.45) is 0 Å². The van der Waals surface area contributed by atoms with Crippen molar-refractivity contribution in [2.75, 3.05) is 5.75 Å². The second-order valence-corrected chi connectivity index (χ2v) is 6.33. The van der Waals surface area contributed by atoms with Crippen molar-refractivity contribution in [2.45, 2.75) is 31.3 Å². The maximum atomic E-state index is 11.9. The number of ether oxygens (including phenoxy) is 1. The minimum absolute atomic E-state index is 0.180. The van der Waals surface area contributed by atoms with Crippen molar-refractivity contribution in [1.82, 2.24) is 0 Å². The number of carbonyl (C=O) groups is 1. The van der Waals surface area contributed by atoms with E-state index in [0.717, 1.165) is 0 Å². The lowest BCUT2D eigenvalue weighted by Gasteiger charge is -2.20. The molecule has 0 radical (unpaired) electrons. The first-order chi connectivity index (χ1) is 7.79. The van der Waals surface area contributed by atoms with Crippen LogP contribution in [-0.4, -0.2) is 21.9 Å². The molecule has 0 amide bonds. The van der Waals surface area contributed by atoms with E-state index in [1.54, 1.807) is 45.0 Å². The Morgan fingerprint density at radius 3 is 2.53 bits per heavy atom. The summed E-state index contributed by atoms with van der Waals surface area (Å²) in [5.41, 5.74) is -0.568. The molecule has 0 N–H and O–H groups in total. The zero-order valence-electron chi connectivity index (χ0n) is 10.0. The van der Waals surface area contributed by atoms with Crippen molar-refractivity contribution in [3.05, 3.63) is 29.3 Å². The molecule has 5 heteroatoms. The lowest BCUT2D eigenvalue weighted by atomic mass is 10.2. The molecule has 0 heterocycles. The van der Waals surface area contributed by atoms with Gasteiger partial charge in [-0.3, -0.25) is 0 Å². The predicted octanol–water partition coefficient (Wildman–Crippen LogP) is 2.79. The van der Waals surface area contributed by atoms with Crippen LogP contribution in [0.1, 0.15) is 20.8 Å². The molecule has 1 aromatic carbocycles. The number of hydrogen-bond donors (Lipinski definition) is 0. The van der Waals surface area contributed by atoms with Crippen LogP contribution in [0.2, 0.25) is 5.02 Å². The number of rotatable bonds is 3. The fourth-order valence-electron chi connectivity index (χ4n) is 1.19. The average Bonchev–Trinajstić information content (AvgIpc) is 2.14. The maximum absolute atomic E-state index is 11.9. The summed E-state index contributed by atoms with van der Waals surface area (Å²) in [4.78, 5) is 12.0. The zero-order valence-corrected chi connectivity index (χ0v) is 11.6. The van der Waals surface area contributed by atoms with Crippen LogP contribution in [-0.2, 0) is 20.7 Å². The smallest absolute Gasteiger partial charge is 0.357 e. The molecular weight excluding hydrogens is 260 g/mol. The van der Waals surface area contributed by atoms with Gasteiger partial charge in [0.1, 0.15) is 5.60 Å². The molecule has 0 bridgehead atoms. The van der Waals surface area contributed by atoms with Crippen molar-refractivity contribution in [3.8, 4) is 0 Å². The Balaban J connectivity index is 2.64. The standard InChI is InChI=1S/C12H15ClO3S/c1-12(2,3)16-11(14)8-17(15)10-7-5-4-6-9(10)13/h4-7H,8H2,1-3H3/t17-/m0/s1. The van der Waals surface area contributed by atoms with Crippen LogP contribution in [0.4, 0.5) is 0 Å². The van der Waals surface area contributed by atoms with Crippen LogP contribution in [0, 0.1) is 0 Å². The van der Waals surface area contributed by atoms with Gasteiger partial charge < -0.3 is 9.29 Å². The van der Waals surface area contributed by atoms with Crippen LogP contribution in [0.5, 0.6) is 0 Å². The van der Waals surface area contributed by atoms with Gasteiger partial charge in [0.15, 0.2) is 4.90 Å². The van der Waals surface area contributed by atoms with Gasteiger partial charge in [0.2, 0.25) is 5.75 Å². The molecule has 94 valence electrons. The summed E-state index contributed by atoms with van der Waals surface area (Å²) < 4.78 is 17.0. The van der Waals surface area contributed by atoms with Crippen LogP contribution in [0.3, 0.4) is 0 Å². The topological polar surface area (TPSA) is 49.4 Å². The highest BCUT2D eigenvalue weighted by molar-refractivity contribution is 7.92. The summed E-state index contributed by atoms with van der Waals surface area (Å²) in [5, 5.41) is 0.398.